The fourth-order valence-corrected chi connectivity index (χ4v) is 7.12. The van der Waals surface area contributed by atoms with Gasteiger partial charge in [-0.05, 0) is 49.1 Å². The summed E-state index contributed by atoms with van der Waals surface area (Å²) in [5, 5.41) is 0. The van der Waals surface area contributed by atoms with Gasteiger partial charge in [0.25, 0.3) is 0 Å². The molecule has 1 aliphatic carbocycles. The number of sulfone groups is 1. The fourth-order valence-electron chi connectivity index (χ4n) is 4.56. The van der Waals surface area contributed by atoms with Gasteiger partial charge in [0.2, 0.25) is 5.91 Å². The number of fused-ring (bicyclic) bond motifs is 3. The molecule has 2 aliphatic heterocycles. The lowest BCUT2D eigenvalue weighted by Crippen LogP contribution is -2.49. The zero-order chi connectivity index (χ0) is 21.6. The molecule has 8 heteroatoms. The van der Waals surface area contributed by atoms with E-state index < -0.39 is 9.84 Å². The first kappa shape index (κ1) is 20.3. The number of amides is 1. The van der Waals surface area contributed by atoms with E-state index in [1.54, 1.807) is 23.7 Å². The highest BCUT2D eigenvalue weighted by Crippen LogP contribution is 2.39. The van der Waals surface area contributed by atoms with E-state index in [0.29, 0.717) is 16.8 Å². The van der Waals surface area contributed by atoms with Gasteiger partial charge >= 0.3 is 0 Å². The van der Waals surface area contributed by atoms with Gasteiger partial charge in [-0.15, -0.1) is 11.3 Å². The van der Waals surface area contributed by atoms with Crippen molar-refractivity contribution in [3.05, 3.63) is 59.4 Å². The molecule has 31 heavy (non-hydrogen) atoms. The highest BCUT2D eigenvalue weighted by atomic mass is 32.2. The lowest BCUT2D eigenvalue weighted by molar-refractivity contribution is -0.134. The minimum absolute atomic E-state index is 0.00724. The van der Waals surface area contributed by atoms with Crippen LogP contribution in [0.5, 0.6) is 0 Å². The topological polar surface area (TPSA) is 80.2 Å². The van der Waals surface area contributed by atoms with Crippen LogP contribution in [0.25, 0.3) is 15.8 Å². The van der Waals surface area contributed by atoms with E-state index in [9.17, 15) is 13.2 Å². The molecule has 2 bridgehead atoms. The molecular weight excluding hydrogens is 430 g/mol. The fraction of sp³-hybridized carbons (Fsp3) is 0.348. The van der Waals surface area contributed by atoms with E-state index >= 15 is 0 Å². The molecule has 0 spiro atoms. The second kappa shape index (κ2) is 7.84. The number of thiazole rings is 1. The molecule has 0 N–H and O–H groups in total. The third-order valence-electron chi connectivity index (χ3n) is 6.21. The van der Waals surface area contributed by atoms with Gasteiger partial charge in [0.05, 0.1) is 38.1 Å². The summed E-state index contributed by atoms with van der Waals surface area (Å²) in [5.74, 6) is -0.0269. The molecule has 6 nitrogen and oxygen atoms in total. The predicted molar refractivity (Wildman–Crippen MR) is 121 cm³/mol. The first-order valence-corrected chi connectivity index (χ1v) is 12.9. The van der Waals surface area contributed by atoms with Crippen molar-refractivity contribution in [1.29, 1.82) is 0 Å². The van der Waals surface area contributed by atoms with Gasteiger partial charge in [0.1, 0.15) is 0 Å². The van der Waals surface area contributed by atoms with Crippen LogP contribution in [-0.2, 0) is 14.6 Å². The van der Waals surface area contributed by atoms with Gasteiger partial charge in [0.15, 0.2) is 9.84 Å². The maximum atomic E-state index is 13.0. The van der Waals surface area contributed by atoms with Crippen molar-refractivity contribution in [3.8, 4) is 0 Å². The molecule has 160 valence electrons. The number of pyridine rings is 1. The van der Waals surface area contributed by atoms with Crippen molar-refractivity contribution >= 4 is 42.9 Å². The number of rotatable bonds is 5. The average molecular weight is 454 g/mol. The third-order valence-corrected chi connectivity index (χ3v) is 8.96. The Morgan fingerprint density at radius 3 is 2.81 bits per heavy atom. The standard InChI is InChI=1S/C23H23N3O3S2/c1-15-5-8-19(24-12-15)18-11-17-7-6-16(18)13-26(17)22(27)9-10-31(28,29)21-4-2-3-20-23(21)30-14-25-20/h2-5,8,11-12,14,16-17H,6-7,9-10,13H2,1H3. The van der Waals surface area contributed by atoms with Gasteiger partial charge in [-0.3, -0.25) is 9.78 Å². The molecule has 1 saturated heterocycles. The summed E-state index contributed by atoms with van der Waals surface area (Å²) < 4.78 is 26.5. The first-order chi connectivity index (χ1) is 14.9. The molecule has 1 fully saturated rings. The Labute approximate surface area is 185 Å². The molecule has 3 aliphatic rings. The van der Waals surface area contributed by atoms with Crippen LogP contribution < -0.4 is 0 Å². The summed E-state index contributed by atoms with van der Waals surface area (Å²) in [4.78, 5) is 23.9. The maximum Gasteiger partial charge on any atom is 0.224 e. The van der Waals surface area contributed by atoms with E-state index in [2.05, 4.69) is 22.1 Å². The van der Waals surface area contributed by atoms with E-state index in [1.807, 2.05) is 24.1 Å². The quantitative estimate of drug-likeness (QED) is 0.586. The number of hydrogen-bond acceptors (Lipinski definition) is 6. The summed E-state index contributed by atoms with van der Waals surface area (Å²) in [6, 6.07) is 9.22. The number of hydrogen-bond donors (Lipinski definition) is 0. The Bertz CT molecular complexity index is 1280. The molecule has 0 radical (unpaired) electrons. The van der Waals surface area contributed by atoms with E-state index in [0.717, 1.165) is 24.1 Å². The van der Waals surface area contributed by atoms with Crippen molar-refractivity contribution in [2.24, 2.45) is 5.92 Å². The van der Waals surface area contributed by atoms with Crippen LogP contribution in [0.3, 0.4) is 0 Å². The van der Waals surface area contributed by atoms with E-state index in [-0.39, 0.29) is 34.9 Å². The number of carbonyl (C=O) groups excluding carboxylic acids is 1. The highest BCUT2D eigenvalue weighted by molar-refractivity contribution is 7.91. The predicted octanol–water partition coefficient (Wildman–Crippen LogP) is 3.87. The Morgan fingerprint density at radius 1 is 1.19 bits per heavy atom. The lowest BCUT2D eigenvalue weighted by Gasteiger charge is -2.44. The van der Waals surface area contributed by atoms with Crippen LogP contribution in [0.4, 0.5) is 0 Å². The monoisotopic (exact) mass is 453 g/mol. The second-order valence-corrected chi connectivity index (χ2v) is 11.2. The molecule has 1 amide bonds. The molecule has 2 unspecified atom stereocenters. The molecule has 2 atom stereocenters. The molecule has 0 saturated carbocycles. The number of piperidine rings is 1. The molecular formula is C23H23N3O3S2. The Kier molecular flexibility index (Phi) is 5.14. The molecule has 3 aromatic rings. The highest BCUT2D eigenvalue weighted by Gasteiger charge is 2.38. The first-order valence-electron chi connectivity index (χ1n) is 10.4. The van der Waals surface area contributed by atoms with Crippen molar-refractivity contribution in [3.63, 3.8) is 0 Å². The molecule has 6 rings (SSSR count). The number of carbonyl (C=O) groups is 1. The minimum Gasteiger partial charge on any atom is -0.336 e. The normalized spacial score (nSPS) is 20.8. The summed E-state index contributed by atoms with van der Waals surface area (Å²) >= 11 is 1.31. The van der Waals surface area contributed by atoms with Crippen molar-refractivity contribution in [1.82, 2.24) is 14.9 Å². The Morgan fingerprint density at radius 2 is 2.06 bits per heavy atom. The Hall–Kier alpha value is -2.58. The molecule has 1 aromatic carbocycles. The minimum atomic E-state index is -3.56. The summed E-state index contributed by atoms with van der Waals surface area (Å²) in [6.45, 7) is 2.65. The van der Waals surface area contributed by atoms with Crippen LogP contribution in [0.1, 0.15) is 30.5 Å². The smallest absolute Gasteiger partial charge is 0.224 e. The number of aryl methyl sites for hydroxylation is 1. The zero-order valence-corrected chi connectivity index (χ0v) is 18.8. The van der Waals surface area contributed by atoms with Gasteiger partial charge < -0.3 is 4.90 Å². The summed E-state index contributed by atoms with van der Waals surface area (Å²) in [6.07, 6.45) is 5.96. The zero-order valence-electron chi connectivity index (χ0n) is 17.2. The number of benzene rings is 1. The lowest BCUT2D eigenvalue weighted by atomic mass is 9.78. The third kappa shape index (κ3) is 3.78. The van der Waals surface area contributed by atoms with Gasteiger partial charge in [0, 0.05) is 25.1 Å². The summed E-state index contributed by atoms with van der Waals surface area (Å²) in [7, 11) is -3.56. The van der Waals surface area contributed by atoms with Crippen LogP contribution in [0, 0.1) is 12.8 Å². The van der Waals surface area contributed by atoms with Crippen LogP contribution in [0.15, 0.2) is 53.0 Å². The van der Waals surface area contributed by atoms with Crippen molar-refractivity contribution in [2.75, 3.05) is 12.3 Å². The van der Waals surface area contributed by atoms with Crippen molar-refractivity contribution in [2.45, 2.75) is 37.1 Å². The number of aromatic nitrogens is 2. The van der Waals surface area contributed by atoms with Gasteiger partial charge in [-0.25, -0.2) is 13.4 Å². The van der Waals surface area contributed by atoms with Crippen molar-refractivity contribution < 1.29 is 13.2 Å². The van der Waals surface area contributed by atoms with Gasteiger partial charge in [-0.1, -0.05) is 18.2 Å². The van der Waals surface area contributed by atoms with Crippen LogP contribution in [0.2, 0.25) is 0 Å². The molecule has 2 aromatic heterocycles. The van der Waals surface area contributed by atoms with Crippen LogP contribution >= 0.6 is 11.3 Å². The molecule has 4 heterocycles. The number of nitrogens with zero attached hydrogens (tertiary/aromatic N) is 3. The van der Waals surface area contributed by atoms with Gasteiger partial charge in [-0.2, -0.15) is 0 Å². The second-order valence-electron chi connectivity index (χ2n) is 8.26. The van der Waals surface area contributed by atoms with Crippen LogP contribution in [-0.4, -0.2) is 47.5 Å². The van der Waals surface area contributed by atoms with E-state index in [4.69, 9.17) is 0 Å². The largest absolute Gasteiger partial charge is 0.336 e. The van der Waals surface area contributed by atoms with E-state index in [1.165, 1.54) is 16.9 Å². The maximum absolute atomic E-state index is 13.0. The summed E-state index contributed by atoms with van der Waals surface area (Å²) in [5.41, 5.74) is 5.63. The SMILES string of the molecule is Cc1ccc(C2=CC3CCC2CN3C(=O)CCS(=O)(=O)c2cccc3ncsc23)nc1. The Balaban J connectivity index is 1.31. The average Bonchev–Trinajstić information content (AvgIpc) is 3.27.